The van der Waals surface area contributed by atoms with Crippen molar-refractivity contribution in [2.75, 3.05) is 33.7 Å². The Morgan fingerprint density at radius 2 is 1.89 bits per heavy atom. The maximum atomic E-state index is 12.0. The summed E-state index contributed by atoms with van der Waals surface area (Å²) in [7, 11) is 3.90. The third kappa shape index (κ3) is 5.46. The minimum Gasteiger partial charge on any atom is -0.480 e. The number of carbonyl (C=O) groups excluding carboxylic acids is 1. The van der Waals surface area contributed by atoms with Gasteiger partial charge in [-0.05, 0) is 46.7 Å². The molecule has 0 atom stereocenters. The van der Waals surface area contributed by atoms with Crippen LogP contribution in [0, 0.1) is 5.92 Å². The number of rotatable bonds is 7. The Morgan fingerprint density at radius 1 is 1.32 bits per heavy atom. The first-order chi connectivity index (χ1) is 8.72. The van der Waals surface area contributed by atoms with Crippen LogP contribution in [0.4, 0.5) is 4.79 Å². The maximum Gasteiger partial charge on any atom is 0.323 e. The lowest BCUT2D eigenvalue weighted by atomic mass is 10.0. The van der Waals surface area contributed by atoms with Crippen LogP contribution in [0.2, 0.25) is 0 Å². The second kappa shape index (κ2) is 6.23. The molecule has 6 heteroatoms. The normalized spacial score (nSPS) is 15.4. The van der Waals surface area contributed by atoms with E-state index in [0.717, 1.165) is 12.8 Å². The SMILES string of the molecule is CN(C)C(C)(C)CNC(=O)N(CC(=O)O)CC1CC1. The van der Waals surface area contributed by atoms with Crippen LogP contribution in [-0.4, -0.2) is 66.2 Å². The zero-order valence-corrected chi connectivity index (χ0v) is 12.3. The van der Waals surface area contributed by atoms with Gasteiger partial charge in [0.15, 0.2) is 0 Å². The van der Waals surface area contributed by atoms with Gasteiger partial charge >= 0.3 is 12.0 Å². The van der Waals surface area contributed by atoms with Gasteiger partial charge in [0.25, 0.3) is 0 Å². The molecule has 0 spiro atoms. The molecule has 1 aliphatic rings. The standard InChI is InChI=1S/C13H25N3O3/c1-13(2,15(3)4)9-14-12(19)16(8-11(17)18)7-10-5-6-10/h10H,5-9H2,1-4H3,(H,14,19)(H,17,18). The highest BCUT2D eigenvalue weighted by molar-refractivity contribution is 5.80. The predicted molar refractivity (Wildman–Crippen MR) is 73.1 cm³/mol. The minimum absolute atomic E-state index is 0.163. The van der Waals surface area contributed by atoms with E-state index >= 15 is 0 Å². The zero-order chi connectivity index (χ0) is 14.6. The van der Waals surface area contributed by atoms with Crippen molar-refractivity contribution in [1.29, 1.82) is 0 Å². The molecule has 0 aromatic heterocycles. The van der Waals surface area contributed by atoms with Crippen molar-refractivity contribution in [2.24, 2.45) is 5.92 Å². The highest BCUT2D eigenvalue weighted by Crippen LogP contribution is 2.29. The average Bonchev–Trinajstić information content (AvgIpc) is 3.08. The number of carbonyl (C=O) groups is 2. The molecular formula is C13H25N3O3. The van der Waals surface area contributed by atoms with Crippen LogP contribution in [0.5, 0.6) is 0 Å². The molecule has 0 aromatic rings. The lowest BCUT2D eigenvalue weighted by molar-refractivity contribution is -0.137. The molecule has 6 nitrogen and oxygen atoms in total. The van der Waals surface area contributed by atoms with Gasteiger partial charge in [0.05, 0.1) is 0 Å². The van der Waals surface area contributed by atoms with E-state index in [1.807, 2.05) is 32.8 Å². The van der Waals surface area contributed by atoms with Gasteiger partial charge in [-0.1, -0.05) is 0 Å². The second-order valence-corrected chi connectivity index (χ2v) is 6.08. The summed E-state index contributed by atoms with van der Waals surface area (Å²) in [5.41, 5.74) is -0.163. The molecule has 0 radical (unpaired) electrons. The van der Waals surface area contributed by atoms with E-state index in [0.29, 0.717) is 19.0 Å². The first kappa shape index (κ1) is 15.8. The van der Waals surface area contributed by atoms with Gasteiger partial charge in [0.2, 0.25) is 0 Å². The zero-order valence-electron chi connectivity index (χ0n) is 12.3. The number of nitrogens with zero attached hydrogens (tertiary/aromatic N) is 2. The molecule has 0 heterocycles. The summed E-state index contributed by atoms with van der Waals surface area (Å²) in [5.74, 6) is -0.491. The van der Waals surface area contributed by atoms with E-state index in [1.165, 1.54) is 4.90 Å². The number of hydrogen-bond acceptors (Lipinski definition) is 3. The molecule has 0 aliphatic heterocycles. The van der Waals surface area contributed by atoms with Gasteiger partial charge in [0.1, 0.15) is 6.54 Å². The minimum atomic E-state index is -0.970. The molecule has 1 rings (SSSR count). The fourth-order valence-electron chi connectivity index (χ4n) is 1.56. The predicted octanol–water partition coefficient (Wildman–Crippen LogP) is 0.833. The van der Waals surface area contributed by atoms with Crippen LogP contribution in [0.1, 0.15) is 26.7 Å². The molecule has 1 aliphatic carbocycles. The van der Waals surface area contributed by atoms with E-state index < -0.39 is 5.97 Å². The number of urea groups is 1. The fourth-order valence-corrected chi connectivity index (χ4v) is 1.56. The van der Waals surface area contributed by atoms with Gasteiger partial charge in [-0.15, -0.1) is 0 Å². The molecule has 110 valence electrons. The number of nitrogens with one attached hydrogen (secondary N) is 1. The van der Waals surface area contributed by atoms with Gasteiger partial charge in [-0.3, -0.25) is 4.79 Å². The molecule has 0 unspecified atom stereocenters. The monoisotopic (exact) mass is 271 g/mol. The third-order valence-electron chi connectivity index (χ3n) is 3.67. The number of likely N-dealkylation sites (N-methyl/N-ethyl adjacent to an activating group) is 1. The topological polar surface area (TPSA) is 72.9 Å². The van der Waals surface area contributed by atoms with Crippen molar-refractivity contribution in [1.82, 2.24) is 15.1 Å². The Hall–Kier alpha value is -1.30. The Bertz CT molecular complexity index is 338. The summed E-state index contributed by atoms with van der Waals surface area (Å²) in [6.45, 7) is 4.84. The number of carboxylic acids is 1. The molecular weight excluding hydrogens is 246 g/mol. The fraction of sp³-hybridized carbons (Fsp3) is 0.846. The summed E-state index contributed by atoms with van der Waals surface area (Å²) < 4.78 is 0. The van der Waals surface area contributed by atoms with Crippen LogP contribution in [-0.2, 0) is 4.79 Å². The highest BCUT2D eigenvalue weighted by Gasteiger charge is 2.29. The van der Waals surface area contributed by atoms with Gasteiger partial charge in [0, 0.05) is 18.6 Å². The lowest BCUT2D eigenvalue weighted by Gasteiger charge is -2.33. The highest BCUT2D eigenvalue weighted by atomic mass is 16.4. The van der Waals surface area contributed by atoms with Crippen LogP contribution in [0.15, 0.2) is 0 Å². The molecule has 2 N–H and O–H groups in total. The van der Waals surface area contributed by atoms with Crippen LogP contribution in [0.3, 0.4) is 0 Å². The lowest BCUT2D eigenvalue weighted by Crippen LogP contribution is -2.52. The largest absolute Gasteiger partial charge is 0.480 e. The van der Waals surface area contributed by atoms with Crippen molar-refractivity contribution >= 4 is 12.0 Å². The van der Waals surface area contributed by atoms with Crippen molar-refractivity contribution in [2.45, 2.75) is 32.2 Å². The van der Waals surface area contributed by atoms with Crippen LogP contribution < -0.4 is 5.32 Å². The molecule has 0 bridgehead atoms. The van der Waals surface area contributed by atoms with Crippen LogP contribution >= 0.6 is 0 Å². The molecule has 1 fully saturated rings. The van der Waals surface area contributed by atoms with Crippen molar-refractivity contribution in [3.8, 4) is 0 Å². The van der Waals surface area contributed by atoms with E-state index in [-0.39, 0.29) is 18.1 Å². The summed E-state index contributed by atoms with van der Waals surface area (Å²) in [6.07, 6.45) is 2.18. The summed E-state index contributed by atoms with van der Waals surface area (Å²) in [4.78, 5) is 26.3. The van der Waals surface area contributed by atoms with E-state index in [4.69, 9.17) is 5.11 Å². The first-order valence-corrected chi connectivity index (χ1v) is 6.64. The Labute approximate surface area is 114 Å². The van der Waals surface area contributed by atoms with Crippen molar-refractivity contribution < 1.29 is 14.7 Å². The Morgan fingerprint density at radius 3 is 2.32 bits per heavy atom. The van der Waals surface area contributed by atoms with Gasteiger partial charge in [-0.2, -0.15) is 0 Å². The van der Waals surface area contributed by atoms with Crippen molar-refractivity contribution in [3.63, 3.8) is 0 Å². The summed E-state index contributed by atoms with van der Waals surface area (Å²) in [5, 5.41) is 11.7. The first-order valence-electron chi connectivity index (χ1n) is 6.64. The Balaban J connectivity index is 2.48. The van der Waals surface area contributed by atoms with Gasteiger partial charge in [-0.25, -0.2) is 4.79 Å². The molecule has 19 heavy (non-hydrogen) atoms. The number of carboxylic acid groups (broad SMARTS) is 1. The third-order valence-corrected chi connectivity index (χ3v) is 3.67. The number of amides is 2. The molecule has 2 amide bonds. The molecule has 0 aromatic carbocycles. The van der Waals surface area contributed by atoms with Gasteiger partial charge < -0.3 is 20.2 Å². The van der Waals surface area contributed by atoms with E-state index in [9.17, 15) is 9.59 Å². The van der Waals surface area contributed by atoms with Crippen molar-refractivity contribution in [3.05, 3.63) is 0 Å². The summed E-state index contributed by atoms with van der Waals surface area (Å²) >= 11 is 0. The number of aliphatic carboxylic acids is 1. The second-order valence-electron chi connectivity index (χ2n) is 6.08. The Kier molecular flexibility index (Phi) is 5.17. The molecule has 1 saturated carbocycles. The number of hydrogen-bond donors (Lipinski definition) is 2. The maximum absolute atomic E-state index is 12.0. The van der Waals surface area contributed by atoms with Crippen LogP contribution in [0.25, 0.3) is 0 Å². The summed E-state index contributed by atoms with van der Waals surface area (Å²) in [6, 6.07) is -0.288. The average molecular weight is 271 g/mol. The van der Waals surface area contributed by atoms with E-state index in [1.54, 1.807) is 0 Å². The smallest absolute Gasteiger partial charge is 0.323 e. The quantitative estimate of drug-likeness (QED) is 0.719. The molecule has 0 saturated heterocycles. The van der Waals surface area contributed by atoms with E-state index in [2.05, 4.69) is 5.32 Å².